The third-order valence-electron chi connectivity index (χ3n) is 5.46. The molecule has 7 nitrogen and oxygen atoms in total. The maximum atomic E-state index is 13.5. The van der Waals surface area contributed by atoms with E-state index in [9.17, 15) is 9.18 Å². The average Bonchev–Trinajstić information content (AvgIpc) is 3.28. The average molecular weight is 474 g/mol. The van der Waals surface area contributed by atoms with Crippen molar-refractivity contribution in [2.75, 3.05) is 11.9 Å². The van der Waals surface area contributed by atoms with Crippen molar-refractivity contribution in [2.24, 2.45) is 0 Å². The van der Waals surface area contributed by atoms with E-state index in [4.69, 9.17) is 6.42 Å². The van der Waals surface area contributed by atoms with Gasteiger partial charge in [0.05, 0.1) is 30.3 Å². The lowest BCUT2D eigenvalue weighted by Crippen LogP contribution is -2.21. The molecule has 0 atom stereocenters. The summed E-state index contributed by atoms with van der Waals surface area (Å²) in [6.07, 6.45) is 8.31. The van der Waals surface area contributed by atoms with Gasteiger partial charge in [0, 0.05) is 22.0 Å². The Balaban J connectivity index is 1.38. The number of hydrogen-bond acceptors (Lipinski definition) is 5. The Labute approximate surface area is 206 Å². The normalized spacial score (nSPS) is 10.4. The smallest absolute Gasteiger partial charge is 0.296 e. The van der Waals surface area contributed by atoms with Crippen LogP contribution in [-0.2, 0) is 11.3 Å². The van der Waals surface area contributed by atoms with Gasteiger partial charge in [-0.15, -0.1) is 6.42 Å². The van der Waals surface area contributed by atoms with E-state index in [1.807, 2.05) is 53.1 Å². The molecule has 0 saturated carbocycles. The fourth-order valence-corrected chi connectivity index (χ4v) is 3.79. The Morgan fingerprint density at radius 3 is 2.86 bits per heavy atom. The van der Waals surface area contributed by atoms with Gasteiger partial charge in [-0.25, -0.2) is 14.4 Å². The molecule has 0 aliphatic rings. The first-order chi connectivity index (χ1) is 17.6. The van der Waals surface area contributed by atoms with Gasteiger partial charge in [-0.2, -0.15) is 5.10 Å². The summed E-state index contributed by atoms with van der Waals surface area (Å²) in [6.45, 7) is 0.630. The van der Waals surface area contributed by atoms with E-state index >= 15 is 0 Å². The van der Waals surface area contributed by atoms with E-state index in [1.165, 1.54) is 18.5 Å². The second-order valence-corrected chi connectivity index (χ2v) is 7.91. The van der Waals surface area contributed by atoms with Crippen LogP contribution in [0.4, 0.5) is 15.9 Å². The summed E-state index contributed by atoms with van der Waals surface area (Å²) in [5.74, 6) is 7.73. The maximum Gasteiger partial charge on any atom is 0.296 e. The second-order valence-electron chi connectivity index (χ2n) is 7.91. The molecule has 0 aliphatic heterocycles. The lowest BCUT2D eigenvalue weighted by Gasteiger charge is -2.09. The lowest BCUT2D eigenvalue weighted by molar-refractivity contribution is -0.115. The molecule has 1 amide bonds. The molecule has 0 aliphatic carbocycles. The molecule has 5 aromatic rings. The van der Waals surface area contributed by atoms with Crippen LogP contribution >= 0.6 is 0 Å². The minimum Gasteiger partial charge on any atom is -0.340 e. The molecule has 0 fully saturated rings. The van der Waals surface area contributed by atoms with Crippen LogP contribution in [0.5, 0.6) is 0 Å². The summed E-state index contributed by atoms with van der Waals surface area (Å²) in [7, 11) is 0. The number of nitrogens with zero attached hydrogens (tertiary/aromatic N) is 4. The van der Waals surface area contributed by atoms with Crippen LogP contribution in [0.2, 0.25) is 0 Å². The number of halogens is 1. The Hall–Kier alpha value is -5.21. The number of carbonyl (C=O) groups excluding carboxylic acids is 1. The number of aromatic nitrogens is 4. The van der Waals surface area contributed by atoms with E-state index in [0.29, 0.717) is 12.4 Å². The molecule has 0 spiro atoms. The number of anilines is 2. The predicted octanol–water partition coefficient (Wildman–Crippen LogP) is 4.01. The molecule has 174 valence electrons. The SMILES string of the molecule is C#CC(=O)NCC#Cc1ccc2ncnc(Nc3ccc4c(cnn4Cc4cccc(F)c4)c3)c2c1. The Morgan fingerprint density at radius 1 is 1.08 bits per heavy atom. The zero-order valence-corrected chi connectivity index (χ0v) is 19.0. The molecule has 5 rings (SSSR count). The van der Waals surface area contributed by atoms with Gasteiger partial charge in [0.1, 0.15) is 18.0 Å². The summed E-state index contributed by atoms with van der Waals surface area (Å²) >= 11 is 0. The molecule has 0 unspecified atom stereocenters. The molecule has 2 aromatic heterocycles. The van der Waals surface area contributed by atoms with Crippen LogP contribution in [0.15, 0.2) is 73.2 Å². The van der Waals surface area contributed by atoms with E-state index in [-0.39, 0.29) is 12.4 Å². The Kier molecular flexibility index (Phi) is 6.25. The highest BCUT2D eigenvalue weighted by Gasteiger charge is 2.08. The highest BCUT2D eigenvalue weighted by molar-refractivity contribution is 5.93. The number of carbonyl (C=O) groups is 1. The number of fused-ring (bicyclic) bond motifs is 2. The van der Waals surface area contributed by atoms with Crippen molar-refractivity contribution in [2.45, 2.75) is 6.54 Å². The molecular formula is C28H19FN6O. The van der Waals surface area contributed by atoms with Gasteiger partial charge in [-0.1, -0.05) is 24.0 Å². The standard InChI is InChI=1S/C28H19FN6O/c1-2-27(36)30-12-4-6-19-8-10-25-24(14-19)28(32-18-31-25)34-23-9-11-26-21(15-23)16-33-35(26)17-20-5-3-7-22(29)13-20/h1,3,5,7-11,13-16,18H,12,17H2,(H,30,36)(H,31,32,34). The molecule has 36 heavy (non-hydrogen) atoms. The van der Waals surface area contributed by atoms with E-state index in [1.54, 1.807) is 12.3 Å². The number of amides is 1. The molecule has 3 aromatic carbocycles. The third kappa shape index (κ3) is 4.98. The largest absolute Gasteiger partial charge is 0.340 e. The summed E-state index contributed by atoms with van der Waals surface area (Å²) in [5.41, 5.74) is 4.13. The Bertz CT molecular complexity index is 1710. The lowest BCUT2D eigenvalue weighted by atomic mass is 10.1. The molecule has 2 N–H and O–H groups in total. The van der Waals surface area contributed by atoms with Gasteiger partial charge < -0.3 is 10.6 Å². The molecule has 2 heterocycles. The quantitative estimate of drug-likeness (QED) is 0.376. The van der Waals surface area contributed by atoms with Crippen molar-refractivity contribution >= 4 is 39.2 Å². The fraction of sp³-hybridized carbons (Fsp3) is 0.0714. The Morgan fingerprint density at radius 2 is 2.00 bits per heavy atom. The first kappa shape index (κ1) is 22.6. The van der Waals surface area contributed by atoms with Crippen molar-refractivity contribution in [1.82, 2.24) is 25.1 Å². The molecular weight excluding hydrogens is 455 g/mol. The fourth-order valence-electron chi connectivity index (χ4n) is 3.79. The molecule has 8 heteroatoms. The van der Waals surface area contributed by atoms with Gasteiger partial charge >= 0.3 is 0 Å². The van der Waals surface area contributed by atoms with Crippen molar-refractivity contribution in [3.63, 3.8) is 0 Å². The van der Waals surface area contributed by atoms with Crippen LogP contribution in [0, 0.1) is 30.0 Å². The summed E-state index contributed by atoms with van der Waals surface area (Å²) in [4.78, 5) is 19.9. The predicted molar refractivity (Wildman–Crippen MR) is 137 cm³/mol. The summed E-state index contributed by atoms with van der Waals surface area (Å²) in [6, 6.07) is 18.0. The summed E-state index contributed by atoms with van der Waals surface area (Å²) < 4.78 is 15.4. The minimum atomic E-state index is -0.501. The van der Waals surface area contributed by atoms with Gasteiger partial charge in [0.25, 0.3) is 5.91 Å². The number of nitrogens with one attached hydrogen (secondary N) is 2. The van der Waals surface area contributed by atoms with Gasteiger partial charge in [0.15, 0.2) is 0 Å². The van der Waals surface area contributed by atoms with E-state index in [2.05, 4.69) is 37.5 Å². The van der Waals surface area contributed by atoms with Crippen molar-refractivity contribution < 1.29 is 9.18 Å². The summed E-state index contributed by atoms with van der Waals surface area (Å²) in [5, 5.41) is 12.1. The van der Waals surface area contributed by atoms with Gasteiger partial charge in [-0.3, -0.25) is 9.48 Å². The molecule has 0 saturated heterocycles. The topological polar surface area (TPSA) is 84.7 Å². The number of hydrogen-bond donors (Lipinski definition) is 2. The van der Waals surface area contributed by atoms with E-state index < -0.39 is 5.91 Å². The van der Waals surface area contributed by atoms with Gasteiger partial charge in [0.2, 0.25) is 0 Å². The minimum absolute atomic E-state index is 0.157. The van der Waals surface area contributed by atoms with Crippen molar-refractivity contribution in [1.29, 1.82) is 0 Å². The van der Waals surface area contributed by atoms with Gasteiger partial charge in [-0.05, 0) is 60.0 Å². The second kappa shape index (κ2) is 9.96. The van der Waals surface area contributed by atoms with Crippen LogP contribution in [0.25, 0.3) is 21.8 Å². The van der Waals surface area contributed by atoms with Crippen molar-refractivity contribution in [3.05, 3.63) is 90.1 Å². The van der Waals surface area contributed by atoms with Crippen LogP contribution < -0.4 is 10.6 Å². The maximum absolute atomic E-state index is 13.5. The zero-order chi connectivity index (χ0) is 24.9. The number of terminal acetylenes is 1. The highest BCUT2D eigenvalue weighted by atomic mass is 19.1. The first-order valence-electron chi connectivity index (χ1n) is 11.0. The monoisotopic (exact) mass is 474 g/mol. The third-order valence-corrected chi connectivity index (χ3v) is 5.46. The number of rotatable bonds is 5. The molecule has 0 radical (unpaired) electrons. The highest BCUT2D eigenvalue weighted by Crippen LogP contribution is 2.26. The van der Waals surface area contributed by atoms with Crippen LogP contribution in [0.3, 0.4) is 0 Å². The van der Waals surface area contributed by atoms with Crippen LogP contribution in [-0.4, -0.2) is 32.2 Å². The number of benzene rings is 3. The zero-order valence-electron chi connectivity index (χ0n) is 19.0. The van der Waals surface area contributed by atoms with Crippen molar-refractivity contribution in [3.8, 4) is 24.2 Å². The molecule has 0 bridgehead atoms. The van der Waals surface area contributed by atoms with Crippen LogP contribution in [0.1, 0.15) is 11.1 Å². The first-order valence-corrected chi connectivity index (χ1v) is 11.0. The van der Waals surface area contributed by atoms with E-state index in [0.717, 1.165) is 38.6 Å².